The molecule has 1 fully saturated rings. The highest BCUT2D eigenvalue weighted by Gasteiger charge is 2.29. The van der Waals surface area contributed by atoms with Crippen LogP contribution in [0.1, 0.15) is 48.8 Å². The number of nitrogens with two attached hydrogens (primary N) is 1. The third-order valence-corrected chi connectivity index (χ3v) is 4.62. The number of hydrogen-bond donors (Lipinski definition) is 1. The van der Waals surface area contributed by atoms with Crippen molar-refractivity contribution in [2.45, 2.75) is 52.0 Å². The number of aryl methyl sites for hydroxylation is 2. The van der Waals surface area contributed by atoms with Crippen LogP contribution in [0.15, 0.2) is 18.2 Å². The molecule has 1 aliphatic heterocycles. The first-order valence-electron chi connectivity index (χ1n) is 7.68. The number of rotatable bonds is 4. The molecule has 2 rings (SSSR count). The normalized spacial score (nSPS) is 22.4. The van der Waals surface area contributed by atoms with Gasteiger partial charge < -0.3 is 10.6 Å². The topological polar surface area (TPSA) is 29.3 Å². The molecule has 0 spiro atoms. The smallest absolute Gasteiger partial charge is 0.0176 e. The predicted molar refractivity (Wildman–Crippen MR) is 82.6 cm³/mol. The summed E-state index contributed by atoms with van der Waals surface area (Å²) in [5.74, 6) is 0.486. The van der Waals surface area contributed by atoms with Crippen molar-refractivity contribution in [2.24, 2.45) is 5.73 Å². The number of hydrogen-bond acceptors (Lipinski definition) is 2. The Hall–Kier alpha value is -0.860. The van der Waals surface area contributed by atoms with Crippen LogP contribution in [0.3, 0.4) is 0 Å². The maximum absolute atomic E-state index is 6.14. The summed E-state index contributed by atoms with van der Waals surface area (Å²) in [5, 5.41) is 0. The molecule has 1 aromatic rings. The van der Waals surface area contributed by atoms with Crippen LogP contribution in [0.25, 0.3) is 0 Å². The Bertz CT molecular complexity index is 414. The van der Waals surface area contributed by atoms with Crippen molar-refractivity contribution in [3.05, 3.63) is 34.9 Å². The van der Waals surface area contributed by atoms with Gasteiger partial charge in [0.25, 0.3) is 0 Å². The summed E-state index contributed by atoms with van der Waals surface area (Å²) in [6.07, 6.45) is 3.99. The van der Waals surface area contributed by atoms with Crippen molar-refractivity contribution >= 4 is 0 Å². The first kappa shape index (κ1) is 14.5. The lowest BCUT2D eigenvalue weighted by Gasteiger charge is -2.40. The first-order chi connectivity index (χ1) is 9.17. The molecule has 0 amide bonds. The van der Waals surface area contributed by atoms with Crippen LogP contribution in [0.2, 0.25) is 0 Å². The van der Waals surface area contributed by atoms with Gasteiger partial charge in [-0.1, -0.05) is 37.1 Å². The second-order valence-corrected chi connectivity index (χ2v) is 5.89. The number of likely N-dealkylation sites (tertiary alicyclic amines) is 1. The van der Waals surface area contributed by atoms with Crippen LogP contribution in [0, 0.1) is 13.8 Å². The molecule has 2 unspecified atom stereocenters. The molecule has 1 saturated heterocycles. The van der Waals surface area contributed by atoms with E-state index >= 15 is 0 Å². The molecule has 1 heterocycles. The Balaban J connectivity index is 2.29. The van der Waals surface area contributed by atoms with Crippen LogP contribution in [0.5, 0.6) is 0 Å². The van der Waals surface area contributed by atoms with Crippen molar-refractivity contribution in [1.29, 1.82) is 0 Å². The summed E-state index contributed by atoms with van der Waals surface area (Å²) in [4.78, 5) is 2.63. The maximum atomic E-state index is 6.14. The Labute approximate surface area is 118 Å². The molecule has 2 N–H and O–H groups in total. The zero-order valence-electron chi connectivity index (χ0n) is 12.7. The molecule has 2 heteroatoms. The Morgan fingerprint density at radius 2 is 2.11 bits per heavy atom. The lowest BCUT2D eigenvalue weighted by atomic mass is 9.83. The molecular weight excluding hydrogens is 232 g/mol. The van der Waals surface area contributed by atoms with Crippen LogP contribution in [-0.4, -0.2) is 30.6 Å². The van der Waals surface area contributed by atoms with Crippen LogP contribution >= 0.6 is 0 Å². The zero-order chi connectivity index (χ0) is 13.8. The summed E-state index contributed by atoms with van der Waals surface area (Å²) in [7, 11) is 0. The fourth-order valence-electron chi connectivity index (χ4n) is 3.52. The summed E-state index contributed by atoms with van der Waals surface area (Å²) < 4.78 is 0. The lowest BCUT2D eigenvalue weighted by molar-refractivity contribution is 0.133. The molecular formula is C17H28N2. The number of piperidine rings is 1. The molecule has 0 radical (unpaired) electrons. The molecule has 0 aliphatic carbocycles. The second-order valence-electron chi connectivity index (χ2n) is 5.89. The molecule has 0 bridgehead atoms. The van der Waals surface area contributed by atoms with Gasteiger partial charge in [0.15, 0.2) is 0 Å². The van der Waals surface area contributed by atoms with E-state index in [4.69, 9.17) is 5.73 Å². The summed E-state index contributed by atoms with van der Waals surface area (Å²) >= 11 is 0. The molecule has 2 nitrogen and oxygen atoms in total. The number of nitrogens with zero attached hydrogens (tertiary/aromatic N) is 1. The standard InChI is InChI=1S/C17H28N2/c1-4-19-10-6-5-7-17(19)16(12-18)15-11-13(2)8-9-14(15)3/h8-9,11,16-17H,4-7,10,12,18H2,1-3H3. The molecule has 19 heavy (non-hydrogen) atoms. The Morgan fingerprint density at radius 1 is 1.32 bits per heavy atom. The van der Waals surface area contributed by atoms with Crippen molar-refractivity contribution in [3.63, 3.8) is 0 Å². The zero-order valence-corrected chi connectivity index (χ0v) is 12.7. The highest BCUT2D eigenvalue weighted by atomic mass is 15.2. The van der Waals surface area contributed by atoms with Crippen molar-refractivity contribution in [2.75, 3.05) is 19.6 Å². The number of likely N-dealkylation sites (N-methyl/N-ethyl adjacent to an activating group) is 1. The fraction of sp³-hybridized carbons (Fsp3) is 0.647. The van der Waals surface area contributed by atoms with E-state index in [1.165, 1.54) is 42.5 Å². The monoisotopic (exact) mass is 260 g/mol. The van der Waals surface area contributed by atoms with Crippen molar-refractivity contribution in [3.8, 4) is 0 Å². The molecule has 1 aliphatic rings. The van der Waals surface area contributed by atoms with Gasteiger partial charge >= 0.3 is 0 Å². The first-order valence-corrected chi connectivity index (χ1v) is 7.68. The molecule has 0 saturated carbocycles. The van der Waals surface area contributed by atoms with Gasteiger partial charge in [-0.05, 0) is 50.9 Å². The van der Waals surface area contributed by atoms with Gasteiger partial charge in [0.1, 0.15) is 0 Å². The van der Waals surface area contributed by atoms with E-state index in [2.05, 4.69) is 43.9 Å². The molecule has 106 valence electrons. The van der Waals surface area contributed by atoms with E-state index in [1.807, 2.05) is 0 Å². The Kier molecular flexibility index (Phi) is 5.00. The van der Waals surface area contributed by atoms with Crippen molar-refractivity contribution < 1.29 is 0 Å². The number of benzene rings is 1. The lowest BCUT2D eigenvalue weighted by Crippen LogP contribution is -2.45. The van der Waals surface area contributed by atoms with Gasteiger partial charge in [-0.2, -0.15) is 0 Å². The van der Waals surface area contributed by atoms with E-state index in [0.717, 1.165) is 13.1 Å². The fourth-order valence-corrected chi connectivity index (χ4v) is 3.52. The third-order valence-electron chi connectivity index (χ3n) is 4.62. The summed E-state index contributed by atoms with van der Waals surface area (Å²) in [6, 6.07) is 7.41. The predicted octanol–water partition coefficient (Wildman–Crippen LogP) is 3.22. The van der Waals surface area contributed by atoms with E-state index in [1.54, 1.807) is 0 Å². The average Bonchev–Trinajstić information content (AvgIpc) is 2.44. The highest BCUT2D eigenvalue weighted by molar-refractivity contribution is 5.34. The van der Waals surface area contributed by atoms with Gasteiger partial charge in [0.05, 0.1) is 0 Å². The van der Waals surface area contributed by atoms with Crippen LogP contribution < -0.4 is 5.73 Å². The van der Waals surface area contributed by atoms with Crippen molar-refractivity contribution in [1.82, 2.24) is 4.90 Å². The molecule has 2 atom stereocenters. The maximum Gasteiger partial charge on any atom is 0.0176 e. The van der Waals surface area contributed by atoms with Gasteiger partial charge in [0.2, 0.25) is 0 Å². The largest absolute Gasteiger partial charge is 0.330 e. The van der Waals surface area contributed by atoms with Gasteiger partial charge in [-0.25, -0.2) is 0 Å². The Morgan fingerprint density at radius 3 is 2.79 bits per heavy atom. The molecule has 1 aromatic carbocycles. The van der Waals surface area contributed by atoms with Gasteiger partial charge in [-0.15, -0.1) is 0 Å². The summed E-state index contributed by atoms with van der Waals surface area (Å²) in [6.45, 7) is 9.81. The minimum atomic E-state index is 0.486. The minimum absolute atomic E-state index is 0.486. The highest BCUT2D eigenvalue weighted by Crippen LogP contribution is 2.31. The second kappa shape index (κ2) is 6.53. The summed E-state index contributed by atoms with van der Waals surface area (Å²) in [5.41, 5.74) is 10.3. The van der Waals surface area contributed by atoms with Gasteiger partial charge in [0, 0.05) is 18.5 Å². The van der Waals surface area contributed by atoms with Crippen LogP contribution in [-0.2, 0) is 0 Å². The quantitative estimate of drug-likeness (QED) is 0.900. The van der Waals surface area contributed by atoms with E-state index in [-0.39, 0.29) is 0 Å². The molecule has 0 aromatic heterocycles. The van der Waals surface area contributed by atoms with E-state index in [9.17, 15) is 0 Å². The van der Waals surface area contributed by atoms with Crippen LogP contribution in [0.4, 0.5) is 0 Å². The average molecular weight is 260 g/mol. The minimum Gasteiger partial charge on any atom is -0.330 e. The van der Waals surface area contributed by atoms with Gasteiger partial charge in [-0.3, -0.25) is 0 Å². The SMILES string of the molecule is CCN1CCCCC1C(CN)c1cc(C)ccc1C. The van der Waals surface area contributed by atoms with E-state index < -0.39 is 0 Å². The third kappa shape index (κ3) is 3.18. The van der Waals surface area contributed by atoms with E-state index in [0.29, 0.717) is 12.0 Å².